The van der Waals surface area contributed by atoms with Gasteiger partial charge in [0.2, 0.25) is 0 Å². The molecular formula is C39H48F2. The molecule has 1 saturated carbocycles. The van der Waals surface area contributed by atoms with Gasteiger partial charge in [0.15, 0.2) is 0 Å². The van der Waals surface area contributed by atoms with Gasteiger partial charge in [-0.2, -0.15) is 0 Å². The third-order valence-electron chi connectivity index (χ3n) is 10.9. The van der Waals surface area contributed by atoms with Crippen LogP contribution in [0.1, 0.15) is 98.6 Å². The summed E-state index contributed by atoms with van der Waals surface area (Å²) >= 11 is 0. The molecule has 3 atom stereocenters. The van der Waals surface area contributed by atoms with Gasteiger partial charge in [-0.05, 0) is 122 Å². The molecule has 4 aliphatic rings. The molecule has 0 saturated heterocycles. The molecule has 218 valence electrons. The van der Waals surface area contributed by atoms with Gasteiger partial charge in [0.1, 0.15) is 0 Å². The van der Waals surface area contributed by atoms with Crippen molar-refractivity contribution in [3.8, 4) is 0 Å². The molecule has 0 amide bonds. The Labute approximate surface area is 247 Å². The zero-order chi connectivity index (χ0) is 28.4. The molecule has 1 fully saturated rings. The van der Waals surface area contributed by atoms with Crippen LogP contribution >= 0.6 is 0 Å². The second-order valence-electron chi connectivity index (χ2n) is 13.8. The molecule has 3 unspecified atom stereocenters. The fourth-order valence-electron chi connectivity index (χ4n) is 8.25. The van der Waals surface area contributed by atoms with Crippen molar-refractivity contribution in [2.24, 2.45) is 29.6 Å². The van der Waals surface area contributed by atoms with Gasteiger partial charge < -0.3 is 0 Å². The molecule has 0 spiro atoms. The highest BCUT2D eigenvalue weighted by Crippen LogP contribution is 2.39. The lowest BCUT2D eigenvalue weighted by Gasteiger charge is -2.29. The lowest BCUT2D eigenvalue weighted by molar-refractivity contribution is 0.0162. The highest BCUT2D eigenvalue weighted by molar-refractivity contribution is 5.40. The average Bonchev–Trinajstić information content (AvgIpc) is 3.46. The summed E-state index contributed by atoms with van der Waals surface area (Å²) in [5, 5.41) is 0. The molecule has 0 heterocycles. The van der Waals surface area contributed by atoms with Gasteiger partial charge in [0.05, 0.1) is 0 Å². The lowest BCUT2D eigenvalue weighted by atomic mass is 9.77. The second-order valence-corrected chi connectivity index (χ2v) is 13.8. The fraction of sp³-hybridized carbons (Fsp3) is 0.538. The van der Waals surface area contributed by atoms with Gasteiger partial charge >= 0.3 is 0 Å². The molecule has 0 nitrogen and oxygen atoms in total. The summed E-state index contributed by atoms with van der Waals surface area (Å²) in [6.07, 6.45) is 26.3. The van der Waals surface area contributed by atoms with E-state index in [0.29, 0.717) is 23.7 Å². The summed E-state index contributed by atoms with van der Waals surface area (Å²) < 4.78 is 29.6. The maximum Gasteiger partial charge on any atom is 0.270 e. The molecule has 41 heavy (non-hydrogen) atoms. The Kier molecular flexibility index (Phi) is 8.66. The maximum absolute atomic E-state index is 14.8. The summed E-state index contributed by atoms with van der Waals surface area (Å²) in [6, 6.07) is 13.2. The minimum Gasteiger partial charge on any atom is -0.202 e. The fourth-order valence-corrected chi connectivity index (χ4v) is 8.25. The van der Waals surface area contributed by atoms with Gasteiger partial charge in [0.25, 0.3) is 5.92 Å². The minimum atomic E-state index is -2.79. The highest BCUT2D eigenvalue weighted by atomic mass is 19.3. The van der Waals surface area contributed by atoms with Crippen LogP contribution in [0.15, 0.2) is 72.4 Å². The summed E-state index contributed by atoms with van der Waals surface area (Å²) in [5.74, 6) is 0.452. The van der Waals surface area contributed by atoms with E-state index >= 15 is 0 Å². The number of allylic oxidation sites excluding steroid dienone is 6. The monoisotopic (exact) mass is 554 g/mol. The Morgan fingerprint density at radius 1 is 0.854 bits per heavy atom. The maximum atomic E-state index is 14.8. The number of alkyl halides is 2. The van der Waals surface area contributed by atoms with Crippen LogP contribution in [0.4, 0.5) is 8.78 Å². The van der Waals surface area contributed by atoms with Crippen molar-refractivity contribution in [2.45, 2.75) is 103 Å². The van der Waals surface area contributed by atoms with Crippen molar-refractivity contribution < 1.29 is 8.78 Å². The Morgan fingerprint density at radius 2 is 1.66 bits per heavy atom. The Morgan fingerprint density at radius 3 is 2.46 bits per heavy atom. The van der Waals surface area contributed by atoms with E-state index in [9.17, 15) is 8.78 Å². The number of aryl methyl sites for hydroxylation is 2. The van der Waals surface area contributed by atoms with Crippen molar-refractivity contribution in [1.82, 2.24) is 0 Å². The van der Waals surface area contributed by atoms with Gasteiger partial charge in [0, 0.05) is 18.4 Å². The molecule has 0 bridgehead atoms. The number of hydrogen-bond acceptors (Lipinski definition) is 0. The second kappa shape index (κ2) is 12.4. The van der Waals surface area contributed by atoms with Crippen LogP contribution in [0.5, 0.6) is 0 Å². The SMILES string of the molecule is CCC1CCC(Cc2ccc(CCC3CCc4ccc(CC5=CC=CC6CC=CC56)cc4C3)cc2C(C)(F)F)CC1. The molecule has 0 N–H and O–H groups in total. The largest absolute Gasteiger partial charge is 0.270 e. The van der Waals surface area contributed by atoms with E-state index < -0.39 is 5.92 Å². The molecule has 0 aromatic heterocycles. The van der Waals surface area contributed by atoms with Crippen LogP contribution in [0.25, 0.3) is 0 Å². The first-order valence-electron chi connectivity index (χ1n) is 16.5. The van der Waals surface area contributed by atoms with Gasteiger partial charge in [-0.25, -0.2) is 8.78 Å². The number of benzene rings is 2. The summed E-state index contributed by atoms with van der Waals surface area (Å²) in [5.41, 5.74) is 8.22. The topological polar surface area (TPSA) is 0 Å². The van der Waals surface area contributed by atoms with Crippen LogP contribution in [0.3, 0.4) is 0 Å². The van der Waals surface area contributed by atoms with E-state index in [0.717, 1.165) is 62.5 Å². The number of rotatable bonds is 9. The van der Waals surface area contributed by atoms with Gasteiger partial charge in [-0.3, -0.25) is 0 Å². The molecular weight excluding hydrogens is 506 g/mol. The van der Waals surface area contributed by atoms with E-state index in [-0.39, 0.29) is 5.56 Å². The summed E-state index contributed by atoms with van der Waals surface area (Å²) in [7, 11) is 0. The van der Waals surface area contributed by atoms with Crippen LogP contribution in [-0.4, -0.2) is 0 Å². The van der Waals surface area contributed by atoms with Crippen LogP contribution in [-0.2, 0) is 38.0 Å². The predicted octanol–water partition coefficient (Wildman–Crippen LogP) is 10.5. The van der Waals surface area contributed by atoms with Gasteiger partial charge in [-0.15, -0.1) is 0 Å². The first-order valence-corrected chi connectivity index (χ1v) is 16.5. The first-order chi connectivity index (χ1) is 19.9. The number of halogens is 2. The summed E-state index contributed by atoms with van der Waals surface area (Å²) in [6.45, 7) is 3.36. The Balaban J connectivity index is 1.08. The van der Waals surface area contributed by atoms with Crippen molar-refractivity contribution in [3.63, 3.8) is 0 Å². The highest BCUT2D eigenvalue weighted by Gasteiger charge is 2.30. The minimum absolute atomic E-state index is 0.275. The number of hydrogen-bond donors (Lipinski definition) is 0. The zero-order valence-electron chi connectivity index (χ0n) is 25.2. The zero-order valence-corrected chi connectivity index (χ0v) is 25.2. The van der Waals surface area contributed by atoms with Crippen molar-refractivity contribution in [1.29, 1.82) is 0 Å². The molecule has 0 aliphatic heterocycles. The smallest absolute Gasteiger partial charge is 0.202 e. The molecule has 2 heteroatoms. The molecule has 4 aliphatic carbocycles. The lowest BCUT2D eigenvalue weighted by Crippen LogP contribution is -2.19. The normalized spacial score (nSPS) is 27.4. The van der Waals surface area contributed by atoms with Crippen molar-refractivity contribution in [3.05, 3.63) is 106 Å². The molecule has 6 rings (SSSR count). The molecule has 0 radical (unpaired) electrons. The van der Waals surface area contributed by atoms with Gasteiger partial charge in [-0.1, -0.05) is 92.5 Å². The molecule has 2 aromatic carbocycles. The van der Waals surface area contributed by atoms with Crippen LogP contribution in [0, 0.1) is 29.6 Å². The Bertz CT molecular complexity index is 1300. The van der Waals surface area contributed by atoms with Crippen LogP contribution < -0.4 is 0 Å². The van der Waals surface area contributed by atoms with E-state index in [2.05, 4.69) is 61.6 Å². The molecule has 2 aromatic rings. The van der Waals surface area contributed by atoms with Crippen molar-refractivity contribution in [2.75, 3.05) is 0 Å². The Hall–Kier alpha value is -2.48. The van der Waals surface area contributed by atoms with E-state index in [4.69, 9.17) is 0 Å². The predicted molar refractivity (Wildman–Crippen MR) is 167 cm³/mol. The van der Waals surface area contributed by atoms with Crippen LogP contribution in [0.2, 0.25) is 0 Å². The van der Waals surface area contributed by atoms with E-state index in [1.54, 1.807) is 5.57 Å². The van der Waals surface area contributed by atoms with Crippen molar-refractivity contribution >= 4 is 0 Å². The first kappa shape index (κ1) is 28.6. The summed E-state index contributed by atoms with van der Waals surface area (Å²) in [4.78, 5) is 0. The number of fused-ring (bicyclic) bond motifs is 2. The quantitative estimate of drug-likeness (QED) is 0.270. The van der Waals surface area contributed by atoms with E-state index in [1.165, 1.54) is 61.6 Å². The third-order valence-corrected chi connectivity index (χ3v) is 10.9. The average molecular weight is 555 g/mol. The third kappa shape index (κ3) is 6.79. The standard InChI is InChI=1S/C39H48F2/c1-3-27-10-12-28(13-11-27)22-35-21-17-30(26-38(35)39(2,40)41)15-14-29-16-19-32-20-18-31(25-36(32)23-29)24-34-8-4-6-33-7-5-9-37(33)34/h4-6,8-9,17-18,20-21,25-29,33,37H,3,7,10-16,19,22-24H2,1-2H3. The van der Waals surface area contributed by atoms with E-state index in [1.807, 2.05) is 12.1 Å².